The van der Waals surface area contributed by atoms with Crippen molar-refractivity contribution >= 4 is 82.6 Å². The number of amides is 5. The Balaban J connectivity index is 1.29. The van der Waals surface area contributed by atoms with Crippen LogP contribution < -0.4 is 32.3 Å². The molecule has 0 bridgehead atoms. The highest BCUT2D eigenvalue weighted by Crippen LogP contribution is 2.20. The zero-order chi connectivity index (χ0) is 41.8. The summed E-state index contributed by atoms with van der Waals surface area (Å²) in [4.78, 5) is 85.7. The molecule has 5 rings (SSSR count). The molecule has 2 heterocycles. The topological polar surface area (TPSA) is 261 Å². The smallest absolute Gasteiger partial charge is 0.327 e. The Kier molecular flexibility index (Phi) is 15.3. The molecule has 0 spiro atoms. The zero-order valence-electron chi connectivity index (χ0n) is 31.2. The van der Waals surface area contributed by atoms with Gasteiger partial charge in [-0.15, -0.1) is 0 Å². The van der Waals surface area contributed by atoms with Crippen LogP contribution in [0.2, 0.25) is 0 Å². The largest absolute Gasteiger partial charge is 0.480 e. The molecule has 6 atom stereocenters. The second kappa shape index (κ2) is 20.6. The number of thiol groups is 2. The van der Waals surface area contributed by atoms with Gasteiger partial charge >= 0.3 is 5.97 Å². The van der Waals surface area contributed by atoms with Crippen LogP contribution in [0.1, 0.15) is 16.7 Å². The molecule has 18 heteroatoms. The first-order valence-corrected chi connectivity index (χ1v) is 19.7. The molecule has 0 aliphatic carbocycles. The third kappa shape index (κ3) is 11.2. The minimum Gasteiger partial charge on any atom is -0.480 e. The Hall–Kier alpha value is -5.82. The van der Waals surface area contributed by atoms with Crippen molar-refractivity contribution in [2.24, 2.45) is 5.73 Å². The number of nitrogens with two attached hydrogens (primary N) is 1. The van der Waals surface area contributed by atoms with Crippen LogP contribution in [-0.2, 0) is 48.0 Å². The summed E-state index contributed by atoms with van der Waals surface area (Å²) < 4.78 is 0. The van der Waals surface area contributed by atoms with Crippen molar-refractivity contribution in [1.29, 1.82) is 0 Å². The molecule has 5 aromatic rings. The number of rotatable bonds is 20. The van der Waals surface area contributed by atoms with Gasteiger partial charge in [-0.05, 0) is 35.2 Å². The molecule has 0 aliphatic heterocycles. The molecular formula is C40H46N8O8S2. The number of aromatic amines is 2. The second-order valence-corrected chi connectivity index (χ2v) is 14.3. The van der Waals surface area contributed by atoms with Crippen LogP contribution in [0.4, 0.5) is 0 Å². The van der Waals surface area contributed by atoms with Gasteiger partial charge in [-0.2, -0.15) is 25.3 Å². The summed E-state index contributed by atoms with van der Waals surface area (Å²) in [5.41, 5.74) is 9.96. The normalized spacial score (nSPS) is 14.3. The Morgan fingerprint density at radius 1 is 0.552 bits per heavy atom. The molecule has 5 amide bonds. The average molecular weight is 831 g/mol. The average Bonchev–Trinajstić information content (AvgIpc) is 3.83. The minimum atomic E-state index is -1.48. The summed E-state index contributed by atoms with van der Waals surface area (Å²) >= 11 is 8.30. The number of H-pyrrole nitrogens is 2. The predicted octanol–water partition coefficient (Wildman–Crippen LogP) is 0.365. The van der Waals surface area contributed by atoms with E-state index in [9.17, 15) is 39.0 Å². The van der Waals surface area contributed by atoms with E-state index in [0.717, 1.165) is 27.4 Å². The van der Waals surface area contributed by atoms with Gasteiger partial charge in [0, 0.05) is 58.5 Å². The van der Waals surface area contributed by atoms with Gasteiger partial charge in [0.25, 0.3) is 0 Å². The van der Waals surface area contributed by atoms with Crippen molar-refractivity contribution in [1.82, 2.24) is 36.6 Å². The quantitative estimate of drug-likeness (QED) is 0.0483. The SMILES string of the molecule is N[C@@H](Cc1c[nH]c2ccccc12)C(=O)N[C@@H](CO)C(=O)N[C@@H](Cc1ccccc1)C(=O)N[C@@H](CS)C(=O)N[C@@H](Cc1c[nH]c2ccccc12)C(=O)N[C@@H](CS)C(=O)O. The Labute approximate surface area is 344 Å². The summed E-state index contributed by atoms with van der Waals surface area (Å²) in [6.07, 6.45) is 3.48. The van der Waals surface area contributed by atoms with Gasteiger partial charge in [-0.25, -0.2) is 4.79 Å². The fraction of sp³-hybridized carbons (Fsp3) is 0.300. The molecule has 0 radical (unpaired) electrons. The summed E-state index contributed by atoms with van der Waals surface area (Å²) in [7, 11) is 0. The molecule has 0 fully saturated rings. The highest BCUT2D eigenvalue weighted by atomic mass is 32.1. The van der Waals surface area contributed by atoms with Crippen molar-refractivity contribution in [2.45, 2.75) is 55.5 Å². The number of aromatic nitrogens is 2. The lowest BCUT2D eigenvalue weighted by Crippen LogP contribution is -2.60. The van der Waals surface area contributed by atoms with E-state index in [1.54, 1.807) is 42.7 Å². The number of aliphatic hydroxyl groups excluding tert-OH is 1. The molecule has 3 aromatic carbocycles. The second-order valence-electron chi connectivity index (χ2n) is 13.6. The fourth-order valence-corrected chi connectivity index (χ4v) is 6.87. The Morgan fingerprint density at radius 2 is 0.983 bits per heavy atom. The number of carbonyl (C=O) groups is 6. The van der Waals surface area contributed by atoms with Gasteiger partial charge in [0.05, 0.1) is 12.6 Å². The predicted molar refractivity (Wildman–Crippen MR) is 224 cm³/mol. The minimum absolute atomic E-state index is 0.0415. The number of hydrogen-bond donors (Lipinski definition) is 12. The maximum atomic E-state index is 13.9. The third-order valence-corrected chi connectivity index (χ3v) is 10.3. The van der Waals surface area contributed by atoms with E-state index in [0.29, 0.717) is 11.1 Å². The third-order valence-electron chi connectivity index (χ3n) is 9.53. The fourth-order valence-electron chi connectivity index (χ4n) is 6.36. The van der Waals surface area contributed by atoms with E-state index in [-0.39, 0.29) is 30.8 Å². The molecule has 11 N–H and O–H groups in total. The summed E-state index contributed by atoms with van der Waals surface area (Å²) in [6, 6.07) is 15.7. The number of carboxylic acids is 1. The lowest BCUT2D eigenvalue weighted by Gasteiger charge is -2.26. The van der Waals surface area contributed by atoms with Gasteiger partial charge in [-0.1, -0.05) is 66.7 Å². The van der Waals surface area contributed by atoms with Crippen LogP contribution in [0.5, 0.6) is 0 Å². The standard InChI is InChI=1S/C40H46N8O8S2/c41-27(15-23-17-42-28-12-6-4-10-25(23)28)35(50)46-32(19-49)38(53)44-30(14-22-8-2-1-3-9-22)36(51)47-33(20-57)39(54)45-31(37(52)48-34(21-58)40(55)56)16-24-18-43-29-13-7-5-11-26(24)29/h1-13,17-18,27,30-34,42-43,49,57-58H,14-16,19-21,41H2,(H,44,53)(H,45,54)(H,46,50)(H,47,51)(H,48,52)(H,55,56)/t27-,30-,31-,32-,33-,34-/m0/s1. The van der Waals surface area contributed by atoms with Crippen LogP contribution >= 0.6 is 25.3 Å². The first-order chi connectivity index (χ1) is 27.9. The molecule has 58 heavy (non-hydrogen) atoms. The zero-order valence-corrected chi connectivity index (χ0v) is 33.0. The number of carboxylic acid groups (broad SMARTS) is 1. The van der Waals surface area contributed by atoms with Crippen molar-refractivity contribution in [3.63, 3.8) is 0 Å². The molecule has 0 saturated carbocycles. The number of fused-ring (bicyclic) bond motifs is 2. The lowest BCUT2D eigenvalue weighted by molar-refractivity contribution is -0.141. The van der Waals surface area contributed by atoms with Gasteiger partial charge in [-0.3, -0.25) is 24.0 Å². The van der Waals surface area contributed by atoms with E-state index < -0.39 is 78.4 Å². The number of carbonyl (C=O) groups excluding carboxylic acids is 5. The van der Waals surface area contributed by atoms with Crippen molar-refractivity contribution in [2.75, 3.05) is 18.1 Å². The molecule has 2 aromatic heterocycles. The lowest BCUT2D eigenvalue weighted by atomic mass is 10.0. The highest BCUT2D eigenvalue weighted by Gasteiger charge is 2.33. The van der Waals surface area contributed by atoms with E-state index >= 15 is 0 Å². The van der Waals surface area contributed by atoms with E-state index in [1.165, 1.54) is 0 Å². The number of aliphatic carboxylic acids is 1. The van der Waals surface area contributed by atoms with Gasteiger partial charge in [0.1, 0.15) is 30.2 Å². The van der Waals surface area contributed by atoms with Crippen LogP contribution in [0.25, 0.3) is 21.8 Å². The van der Waals surface area contributed by atoms with Crippen LogP contribution in [0.15, 0.2) is 91.3 Å². The first-order valence-electron chi connectivity index (χ1n) is 18.4. The Morgan fingerprint density at radius 3 is 1.52 bits per heavy atom. The Bertz CT molecular complexity index is 2230. The van der Waals surface area contributed by atoms with Gasteiger partial charge in [0.2, 0.25) is 29.5 Å². The number of benzene rings is 3. The maximum absolute atomic E-state index is 13.9. The number of nitrogens with one attached hydrogen (secondary N) is 7. The number of hydrogen-bond acceptors (Lipinski definition) is 10. The van der Waals surface area contributed by atoms with Crippen LogP contribution in [0.3, 0.4) is 0 Å². The van der Waals surface area contributed by atoms with Crippen molar-refractivity contribution in [3.05, 3.63) is 108 Å². The monoisotopic (exact) mass is 830 g/mol. The molecule has 306 valence electrons. The van der Waals surface area contributed by atoms with Gasteiger partial charge in [0.15, 0.2) is 0 Å². The van der Waals surface area contributed by atoms with Crippen molar-refractivity contribution < 1.29 is 39.0 Å². The summed E-state index contributed by atoms with van der Waals surface area (Å²) in [5.74, 6) is -5.75. The molecule has 0 unspecified atom stereocenters. The summed E-state index contributed by atoms with van der Waals surface area (Å²) in [5, 5.41) is 34.0. The van der Waals surface area contributed by atoms with Gasteiger partial charge < -0.3 is 52.5 Å². The highest BCUT2D eigenvalue weighted by molar-refractivity contribution is 7.80. The van der Waals surface area contributed by atoms with Crippen LogP contribution in [0, 0.1) is 0 Å². The van der Waals surface area contributed by atoms with E-state index in [4.69, 9.17) is 5.73 Å². The van der Waals surface area contributed by atoms with Crippen LogP contribution in [-0.4, -0.2) is 110 Å². The van der Waals surface area contributed by atoms with Crippen molar-refractivity contribution in [3.8, 4) is 0 Å². The number of para-hydroxylation sites is 2. The molecule has 16 nitrogen and oxygen atoms in total. The van der Waals surface area contributed by atoms with E-state index in [1.807, 2.05) is 48.5 Å². The first kappa shape index (κ1) is 43.3. The molecule has 0 aliphatic rings. The molecule has 0 saturated heterocycles. The molecular weight excluding hydrogens is 785 g/mol. The number of aliphatic hydroxyl groups is 1. The summed E-state index contributed by atoms with van der Waals surface area (Å²) in [6.45, 7) is -0.811. The van der Waals surface area contributed by atoms with E-state index in [2.05, 4.69) is 61.8 Å². The maximum Gasteiger partial charge on any atom is 0.327 e.